The van der Waals surface area contributed by atoms with Crippen LogP contribution in [-0.2, 0) is 11.3 Å². The standard InChI is InChI=1S/C16H23N3O2.HI/c1-16(2,3)21-14(20)13-7-5-12(6-8-13)11-18-15-17-9-10-19(15)4;/h5-8H,9-11H2,1-4H3,(H,17,18);1H. The first kappa shape index (κ1) is 18.7. The Balaban J connectivity index is 0.00000242. The van der Waals surface area contributed by atoms with E-state index in [1.165, 1.54) is 0 Å². The predicted octanol–water partition coefficient (Wildman–Crippen LogP) is 2.65. The largest absolute Gasteiger partial charge is 0.456 e. The number of aliphatic imine (C=N–C) groups is 1. The number of esters is 1. The van der Waals surface area contributed by atoms with Crippen molar-refractivity contribution in [3.8, 4) is 0 Å². The lowest BCUT2D eigenvalue weighted by Crippen LogP contribution is -2.35. The molecule has 0 saturated heterocycles. The molecule has 0 amide bonds. The highest BCUT2D eigenvalue weighted by molar-refractivity contribution is 14.0. The molecular formula is C16H24IN3O2. The summed E-state index contributed by atoms with van der Waals surface area (Å²) in [6.45, 7) is 8.08. The molecule has 0 spiro atoms. The number of carbonyl (C=O) groups excluding carboxylic acids is 1. The summed E-state index contributed by atoms with van der Waals surface area (Å²) in [7, 11) is 2.02. The molecule has 2 rings (SSSR count). The maximum atomic E-state index is 11.9. The minimum atomic E-state index is -0.470. The Labute approximate surface area is 149 Å². The average molecular weight is 417 g/mol. The molecule has 1 aliphatic rings. The van der Waals surface area contributed by atoms with Crippen molar-refractivity contribution in [1.82, 2.24) is 10.2 Å². The monoisotopic (exact) mass is 417 g/mol. The topological polar surface area (TPSA) is 53.9 Å². The Hall–Kier alpha value is -1.31. The van der Waals surface area contributed by atoms with Crippen molar-refractivity contribution in [2.45, 2.75) is 32.9 Å². The fraction of sp³-hybridized carbons (Fsp3) is 0.500. The van der Waals surface area contributed by atoms with Crippen LogP contribution in [-0.4, -0.2) is 42.6 Å². The predicted molar refractivity (Wildman–Crippen MR) is 98.8 cm³/mol. The van der Waals surface area contributed by atoms with Crippen molar-refractivity contribution in [2.24, 2.45) is 4.99 Å². The van der Waals surface area contributed by atoms with E-state index >= 15 is 0 Å². The van der Waals surface area contributed by atoms with Crippen LogP contribution in [0, 0.1) is 0 Å². The number of likely N-dealkylation sites (N-methyl/N-ethyl adjacent to an activating group) is 1. The third-order valence-corrected chi connectivity index (χ3v) is 3.10. The van der Waals surface area contributed by atoms with Crippen molar-refractivity contribution in [2.75, 3.05) is 20.1 Å². The second kappa shape index (κ2) is 7.80. The molecular weight excluding hydrogens is 393 g/mol. The number of benzene rings is 1. The zero-order chi connectivity index (χ0) is 15.5. The SMILES string of the molecule is CN1CCN=C1NCc1ccc(C(=O)OC(C)(C)C)cc1.I. The number of hydrogen-bond acceptors (Lipinski definition) is 5. The molecule has 0 aromatic heterocycles. The molecule has 1 heterocycles. The number of carbonyl (C=O) groups is 1. The van der Waals surface area contributed by atoms with Crippen LogP contribution in [0.1, 0.15) is 36.7 Å². The smallest absolute Gasteiger partial charge is 0.338 e. The van der Waals surface area contributed by atoms with Gasteiger partial charge in [-0.15, -0.1) is 24.0 Å². The summed E-state index contributed by atoms with van der Waals surface area (Å²) in [5, 5.41) is 3.29. The molecule has 0 saturated carbocycles. The molecule has 0 bridgehead atoms. The summed E-state index contributed by atoms with van der Waals surface area (Å²) in [6.07, 6.45) is 0. The lowest BCUT2D eigenvalue weighted by molar-refractivity contribution is 0.00695. The average Bonchev–Trinajstić information content (AvgIpc) is 2.80. The van der Waals surface area contributed by atoms with Gasteiger partial charge >= 0.3 is 5.97 Å². The van der Waals surface area contributed by atoms with E-state index in [4.69, 9.17) is 4.74 Å². The zero-order valence-corrected chi connectivity index (χ0v) is 15.9. The van der Waals surface area contributed by atoms with Gasteiger partial charge in [0.2, 0.25) is 0 Å². The summed E-state index contributed by atoms with van der Waals surface area (Å²) in [5.74, 6) is 0.633. The minimum Gasteiger partial charge on any atom is -0.456 e. The molecule has 0 atom stereocenters. The van der Waals surface area contributed by atoms with E-state index in [0.717, 1.165) is 24.6 Å². The highest BCUT2D eigenvalue weighted by atomic mass is 127. The van der Waals surface area contributed by atoms with Gasteiger partial charge in [0.25, 0.3) is 0 Å². The lowest BCUT2D eigenvalue weighted by Gasteiger charge is -2.19. The van der Waals surface area contributed by atoms with Crippen LogP contribution in [0.2, 0.25) is 0 Å². The van der Waals surface area contributed by atoms with Gasteiger partial charge in [-0.05, 0) is 38.5 Å². The van der Waals surface area contributed by atoms with Crippen molar-refractivity contribution in [1.29, 1.82) is 0 Å². The fourth-order valence-electron chi connectivity index (χ4n) is 2.00. The van der Waals surface area contributed by atoms with Crippen LogP contribution in [0.15, 0.2) is 29.3 Å². The normalized spacial score (nSPS) is 14.2. The third kappa shape index (κ3) is 5.47. The van der Waals surface area contributed by atoms with E-state index in [2.05, 4.69) is 15.2 Å². The van der Waals surface area contributed by atoms with Gasteiger partial charge in [-0.2, -0.15) is 0 Å². The molecule has 122 valence electrons. The maximum absolute atomic E-state index is 11.9. The highest BCUT2D eigenvalue weighted by Crippen LogP contribution is 2.13. The Bertz CT molecular complexity index is 535. The number of nitrogens with zero attached hydrogens (tertiary/aromatic N) is 2. The van der Waals surface area contributed by atoms with Crippen molar-refractivity contribution in [3.05, 3.63) is 35.4 Å². The summed E-state index contributed by atoms with van der Waals surface area (Å²) in [6, 6.07) is 7.46. The first-order valence-corrected chi connectivity index (χ1v) is 7.17. The van der Waals surface area contributed by atoms with E-state index < -0.39 is 5.60 Å². The van der Waals surface area contributed by atoms with Crippen LogP contribution in [0.5, 0.6) is 0 Å². The number of hydrogen-bond donors (Lipinski definition) is 1. The van der Waals surface area contributed by atoms with Gasteiger partial charge in [-0.25, -0.2) is 4.79 Å². The summed E-state index contributed by atoms with van der Waals surface area (Å²) >= 11 is 0. The molecule has 1 aliphatic heterocycles. The van der Waals surface area contributed by atoms with E-state index in [9.17, 15) is 4.79 Å². The molecule has 6 heteroatoms. The van der Waals surface area contributed by atoms with Crippen LogP contribution < -0.4 is 5.32 Å². The van der Waals surface area contributed by atoms with Gasteiger partial charge in [0, 0.05) is 20.1 Å². The summed E-state index contributed by atoms with van der Waals surface area (Å²) < 4.78 is 5.34. The van der Waals surface area contributed by atoms with Gasteiger partial charge < -0.3 is 15.0 Å². The summed E-state index contributed by atoms with van der Waals surface area (Å²) in [4.78, 5) is 18.4. The van der Waals surface area contributed by atoms with Crippen LogP contribution in [0.4, 0.5) is 0 Å². The van der Waals surface area contributed by atoms with Crippen LogP contribution in [0.3, 0.4) is 0 Å². The number of ether oxygens (including phenoxy) is 1. The van der Waals surface area contributed by atoms with Crippen molar-refractivity contribution >= 4 is 35.9 Å². The molecule has 0 aliphatic carbocycles. The van der Waals surface area contributed by atoms with E-state index in [-0.39, 0.29) is 29.9 Å². The Kier molecular flexibility index (Phi) is 6.65. The number of halogens is 1. The fourth-order valence-corrected chi connectivity index (χ4v) is 2.00. The molecule has 22 heavy (non-hydrogen) atoms. The van der Waals surface area contributed by atoms with Crippen LogP contribution >= 0.6 is 24.0 Å². The molecule has 1 aromatic carbocycles. The van der Waals surface area contributed by atoms with Gasteiger partial charge in [0.15, 0.2) is 5.96 Å². The number of guanidine groups is 1. The van der Waals surface area contributed by atoms with Gasteiger partial charge in [0.1, 0.15) is 5.60 Å². The molecule has 0 fully saturated rings. The maximum Gasteiger partial charge on any atom is 0.338 e. The highest BCUT2D eigenvalue weighted by Gasteiger charge is 2.17. The second-order valence-corrected chi connectivity index (χ2v) is 6.18. The first-order chi connectivity index (χ1) is 9.85. The van der Waals surface area contributed by atoms with Crippen LogP contribution in [0.25, 0.3) is 0 Å². The zero-order valence-electron chi connectivity index (χ0n) is 13.5. The van der Waals surface area contributed by atoms with Gasteiger partial charge in [-0.3, -0.25) is 4.99 Å². The van der Waals surface area contributed by atoms with E-state index in [1.54, 1.807) is 12.1 Å². The first-order valence-electron chi connectivity index (χ1n) is 7.17. The Morgan fingerprint density at radius 3 is 2.45 bits per heavy atom. The number of nitrogens with one attached hydrogen (secondary N) is 1. The van der Waals surface area contributed by atoms with Gasteiger partial charge in [-0.1, -0.05) is 12.1 Å². The Morgan fingerprint density at radius 1 is 1.32 bits per heavy atom. The van der Waals surface area contributed by atoms with Gasteiger partial charge in [0.05, 0.1) is 12.1 Å². The minimum absolute atomic E-state index is 0. The molecule has 0 unspecified atom stereocenters. The Morgan fingerprint density at radius 2 is 1.95 bits per heavy atom. The molecule has 1 N–H and O–H groups in total. The van der Waals surface area contributed by atoms with Crippen molar-refractivity contribution in [3.63, 3.8) is 0 Å². The second-order valence-electron chi connectivity index (χ2n) is 6.18. The van der Waals surface area contributed by atoms with E-state index in [1.807, 2.05) is 40.0 Å². The summed E-state index contributed by atoms with van der Waals surface area (Å²) in [5.41, 5.74) is 1.21. The third-order valence-electron chi connectivity index (χ3n) is 3.10. The van der Waals surface area contributed by atoms with Crippen molar-refractivity contribution < 1.29 is 9.53 Å². The number of rotatable bonds is 3. The molecule has 0 radical (unpaired) electrons. The van der Waals surface area contributed by atoms with E-state index in [0.29, 0.717) is 12.1 Å². The molecule has 1 aromatic rings. The lowest BCUT2D eigenvalue weighted by atomic mass is 10.1. The quantitative estimate of drug-likeness (QED) is 0.607. The molecule has 5 nitrogen and oxygen atoms in total.